The van der Waals surface area contributed by atoms with Gasteiger partial charge in [-0.2, -0.15) is 0 Å². The van der Waals surface area contributed by atoms with Gasteiger partial charge in [0.15, 0.2) is 0 Å². The van der Waals surface area contributed by atoms with Crippen LogP contribution in [0, 0.1) is 0 Å². The lowest BCUT2D eigenvalue weighted by Crippen LogP contribution is -2.27. The van der Waals surface area contributed by atoms with Crippen LogP contribution in [-0.2, 0) is 6.42 Å². The molecular formula is C16H23NOS. The van der Waals surface area contributed by atoms with Crippen LogP contribution in [0.1, 0.15) is 37.7 Å². The van der Waals surface area contributed by atoms with Gasteiger partial charge < -0.3 is 4.90 Å². The first-order chi connectivity index (χ1) is 9.25. The van der Waals surface area contributed by atoms with E-state index < -0.39 is 0 Å². The van der Waals surface area contributed by atoms with E-state index in [1.54, 1.807) is 11.8 Å². The molecule has 2 rings (SSSR count). The minimum Gasteiger partial charge on any atom is -0.336 e. The molecule has 1 aromatic carbocycles. The molecule has 0 aromatic heterocycles. The predicted octanol–water partition coefficient (Wildman–Crippen LogP) is 4.35. The Balaban J connectivity index is 1.72. The molecule has 3 heteroatoms. The number of benzene rings is 1. The van der Waals surface area contributed by atoms with Crippen molar-refractivity contribution in [1.82, 2.24) is 4.90 Å². The number of thioether (sulfide) groups is 1. The highest BCUT2D eigenvalue weighted by Gasteiger charge is 2.19. The SMILES string of the molecule is CN(CCc1ccccc1)C(=O)SC1CCCCC1. The highest BCUT2D eigenvalue weighted by Crippen LogP contribution is 2.29. The average Bonchev–Trinajstić information content (AvgIpc) is 2.47. The summed E-state index contributed by atoms with van der Waals surface area (Å²) in [5.41, 5.74) is 1.30. The summed E-state index contributed by atoms with van der Waals surface area (Å²) in [5, 5.41) is 0.795. The van der Waals surface area contributed by atoms with Gasteiger partial charge in [-0.15, -0.1) is 0 Å². The summed E-state index contributed by atoms with van der Waals surface area (Å²) in [6.45, 7) is 0.808. The summed E-state index contributed by atoms with van der Waals surface area (Å²) < 4.78 is 0. The van der Waals surface area contributed by atoms with Gasteiger partial charge in [-0.25, -0.2) is 0 Å². The minimum absolute atomic E-state index is 0.239. The molecule has 0 N–H and O–H groups in total. The lowest BCUT2D eigenvalue weighted by Gasteiger charge is -2.23. The molecule has 0 atom stereocenters. The van der Waals surface area contributed by atoms with Crippen LogP contribution in [0.3, 0.4) is 0 Å². The average molecular weight is 277 g/mol. The normalized spacial score (nSPS) is 16.3. The van der Waals surface area contributed by atoms with E-state index in [0.29, 0.717) is 5.25 Å². The zero-order valence-electron chi connectivity index (χ0n) is 11.7. The Hall–Kier alpha value is -0.960. The third-order valence-corrected chi connectivity index (χ3v) is 5.03. The van der Waals surface area contributed by atoms with Crippen LogP contribution < -0.4 is 0 Å². The fourth-order valence-corrected chi connectivity index (χ4v) is 3.57. The van der Waals surface area contributed by atoms with Crippen molar-refractivity contribution in [3.63, 3.8) is 0 Å². The second-order valence-corrected chi connectivity index (χ2v) is 6.55. The summed E-state index contributed by atoms with van der Waals surface area (Å²) in [6.07, 6.45) is 7.28. The Kier molecular flexibility index (Phi) is 5.77. The van der Waals surface area contributed by atoms with Gasteiger partial charge in [0.2, 0.25) is 0 Å². The third-order valence-electron chi connectivity index (χ3n) is 3.71. The maximum absolute atomic E-state index is 12.1. The van der Waals surface area contributed by atoms with Crippen molar-refractivity contribution in [2.45, 2.75) is 43.8 Å². The number of carbonyl (C=O) groups excluding carboxylic acids is 1. The summed E-state index contributed by atoms with van der Waals surface area (Å²) in [6, 6.07) is 10.4. The van der Waals surface area contributed by atoms with Gasteiger partial charge in [0, 0.05) is 18.8 Å². The summed E-state index contributed by atoms with van der Waals surface area (Å²) >= 11 is 1.55. The maximum atomic E-state index is 12.1. The molecule has 1 aliphatic rings. The van der Waals surface area contributed by atoms with E-state index in [2.05, 4.69) is 12.1 Å². The van der Waals surface area contributed by atoms with Crippen molar-refractivity contribution < 1.29 is 4.79 Å². The van der Waals surface area contributed by atoms with Crippen molar-refractivity contribution in [1.29, 1.82) is 0 Å². The summed E-state index contributed by atoms with van der Waals surface area (Å²) in [5.74, 6) is 0. The fourth-order valence-electron chi connectivity index (χ4n) is 2.45. The Morgan fingerprint density at radius 3 is 2.58 bits per heavy atom. The second-order valence-electron chi connectivity index (χ2n) is 5.30. The number of rotatable bonds is 4. The van der Waals surface area contributed by atoms with E-state index in [1.165, 1.54) is 37.7 Å². The first-order valence-corrected chi connectivity index (χ1v) is 8.09. The quantitative estimate of drug-likeness (QED) is 0.815. The lowest BCUT2D eigenvalue weighted by atomic mass is 10.0. The number of hydrogen-bond acceptors (Lipinski definition) is 2. The van der Waals surface area contributed by atoms with Crippen LogP contribution in [0.4, 0.5) is 4.79 Å². The van der Waals surface area contributed by atoms with Crippen LogP contribution in [0.15, 0.2) is 30.3 Å². The molecule has 1 aliphatic carbocycles. The van der Waals surface area contributed by atoms with E-state index in [-0.39, 0.29) is 5.24 Å². The van der Waals surface area contributed by atoms with Crippen LogP contribution in [0.2, 0.25) is 0 Å². The van der Waals surface area contributed by atoms with Gasteiger partial charge >= 0.3 is 0 Å². The molecule has 0 radical (unpaired) electrons. The third kappa shape index (κ3) is 4.90. The van der Waals surface area contributed by atoms with Gasteiger partial charge in [-0.05, 0) is 24.8 Å². The maximum Gasteiger partial charge on any atom is 0.281 e. The van der Waals surface area contributed by atoms with Crippen LogP contribution in [0.5, 0.6) is 0 Å². The Labute approximate surface area is 120 Å². The first kappa shape index (κ1) is 14.4. The van der Waals surface area contributed by atoms with Crippen molar-refractivity contribution in [2.24, 2.45) is 0 Å². The number of nitrogens with zero attached hydrogens (tertiary/aromatic N) is 1. The van der Waals surface area contributed by atoms with E-state index >= 15 is 0 Å². The second kappa shape index (κ2) is 7.59. The van der Waals surface area contributed by atoms with Gasteiger partial charge in [0.25, 0.3) is 5.24 Å². The molecule has 0 unspecified atom stereocenters. The molecule has 0 aliphatic heterocycles. The van der Waals surface area contributed by atoms with Crippen LogP contribution in [-0.4, -0.2) is 29.0 Å². The monoisotopic (exact) mass is 277 g/mol. The molecule has 0 heterocycles. The fraction of sp³-hybridized carbons (Fsp3) is 0.562. The molecular weight excluding hydrogens is 254 g/mol. The van der Waals surface area contributed by atoms with E-state index in [4.69, 9.17) is 0 Å². The molecule has 2 nitrogen and oxygen atoms in total. The van der Waals surface area contributed by atoms with Crippen molar-refractivity contribution in [2.75, 3.05) is 13.6 Å². The Bertz CT molecular complexity index is 387. The summed E-state index contributed by atoms with van der Waals surface area (Å²) in [7, 11) is 1.92. The van der Waals surface area contributed by atoms with Crippen LogP contribution >= 0.6 is 11.8 Å². The van der Waals surface area contributed by atoms with Crippen LogP contribution in [0.25, 0.3) is 0 Å². The molecule has 104 valence electrons. The first-order valence-electron chi connectivity index (χ1n) is 7.21. The predicted molar refractivity (Wildman–Crippen MR) is 82.6 cm³/mol. The van der Waals surface area contributed by atoms with E-state index in [9.17, 15) is 4.79 Å². The summed E-state index contributed by atoms with van der Waals surface area (Å²) in [4.78, 5) is 14.0. The van der Waals surface area contributed by atoms with Crippen molar-refractivity contribution >= 4 is 17.0 Å². The zero-order valence-corrected chi connectivity index (χ0v) is 12.5. The minimum atomic E-state index is 0.239. The Morgan fingerprint density at radius 1 is 1.21 bits per heavy atom. The van der Waals surface area contributed by atoms with Gasteiger partial charge in [-0.3, -0.25) is 4.79 Å². The molecule has 1 fully saturated rings. The molecule has 0 spiro atoms. The van der Waals surface area contributed by atoms with Gasteiger partial charge in [0.1, 0.15) is 0 Å². The largest absolute Gasteiger partial charge is 0.336 e. The zero-order chi connectivity index (χ0) is 13.5. The molecule has 0 bridgehead atoms. The number of amides is 1. The molecule has 1 aromatic rings. The number of likely N-dealkylation sites (N-methyl/N-ethyl adjacent to an activating group) is 1. The van der Waals surface area contributed by atoms with E-state index in [0.717, 1.165) is 13.0 Å². The smallest absolute Gasteiger partial charge is 0.281 e. The topological polar surface area (TPSA) is 20.3 Å². The highest BCUT2D eigenvalue weighted by atomic mass is 32.2. The van der Waals surface area contributed by atoms with E-state index in [1.807, 2.05) is 30.1 Å². The molecule has 1 amide bonds. The highest BCUT2D eigenvalue weighted by molar-refractivity contribution is 8.14. The number of carbonyl (C=O) groups is 1. The van der Waals surface area contributed by atoms with Gasteiger partial charge in [0.05, 0.1) is 0 Å². The Morgan fingerprint density at radius 2 is 1.89 bits per heavy atom. The van der Waals surface area contributed by atoms with Crippen molar-refractivity contribution in [3.8, 4) is 0 Å². The molecule has 19 heavy (non-hydrogen) atoms. The van der Waals surface area contributed by atoms with Crippen molar-refractivity contribution in [3.05, 3.63) is 35.9 Å². The van der Waals surface area contributed by atoms with Gasteiger partial charge in [-0.1, -0.05) is 61.4 Å². The molecule has 0 saturated heterocycles. The number of hydrogen-bond donors (Lipinski definition) is 0. The standard InChI is InChI=1S/C16H23NOS/c1-17(13-12-14-8-4-2-5-9-14)16(18)19-15-10-6-3-7-11-15/h2,4-5,8-9,15H,3,6-7,10-13H2,1H3. The molecule has 1 saturated carbocycles. The lowest BCUT2D eigenvalue weighted by molar-refractivity contribution is 0.233.